The van der Waals surface area contributed by atoms with E-state index in [1.807, 2.05) is 24.3 Å². The van der Waals surface area contributed by atoms with Gasteiger partial charge in [-0.3, -0.25) is 0 Å². The highest BCUT2D eigenvalue weighted by atomic mass is 32.1. The van der Waals surface area contributed by atoms with Crippen LogP contribution in [0.25, 0.3) is 0 Å². The van der Waals surface area contributed by atoms with Crippen molar-refractivity contribution in [3.05, 3.63) is 46.7 Å². The molecular weight excluding hydrogens is 244 g/mol. The largest absolute Gasteiger partial charge is 0.497 e. The highest BCUT2D eigenvalue weighted by molar-refractivity contribution is 7.07. The zero-order chi connectivity index (χ0) is 12.6. The molecule has 2 aromatic rings. The third-order valence-electron chi connectivity index (χ3n) is 2.77. The van der Waals surface area contributed by atoms with Crippen LogP contribution >= 0.6 is 11.3 Å². The Morgan fingerprint density at radius 1 is 1.00 bits per heavy atom. The van der Waals surface area contributed by atoms with Crippen molar-refractivity contribution in [2.45, 2.75) is 19.3 Å². The first-order valence-corrected chi connectivity index (χ1v) is 7.10. The molecule has 0 spiro atoms. The van der Waals surface area contributed by atoms with Crippen LogP contribution in [0.15, 0.2) is 41.1 Å². The molecule has 1 aromatic heterocycles. The molecule has 0 aliphatic carbocycles. The zero-order valence-corrected chi connectivity index (χ0v) is 11.4. The van der Waals surface area contributed by atoms with Gasteiger partial charge in [0.05, 0.1) is 13.7 Å². The first-order valence-electron chi connectivity index (χ1n) is 6.16. The number of aryl methyl sites for hydroxylation is 1. The summed E-state index contributed by atoms with van der Waals surface area (Å²) in [6, 6.07) is 9.91. The van der Waals surface area contributed by atoms with Crippen molar-refractivity contribution in [2.75, 3.05) is 13.7 Å². The SMILES string of the molecule is COc1ccc(OCCCCc2ccsc2)cc1. The number of unbranched alkanes of at least 4 members (excludes halogenated alkanes) is 1. The summed E-state index contributed by atoms with van der Waals surface area (Å²) in [5, 5.41) is 4.34. The number of ether oxygens (including phenoxy) is 2. The molecule has 0 atom stereocenters. The molecular formula is C15H18O2S. The maximum absolute atomic E-state index is 5.67. The fraction of sp³-hybridized carbons (Fsp3) is 0.333. The molecule has 0 radical (unpaired) electrons. The minimum Gasteiger partial charge on any atom is -0.497 e. The number of hydrogen-bond acceptors (Lipinski definition) is 3. The fourth-order valence-corrected chi connectivity index (χ4v) is 2.43. The average Bonchev–Trinajstić information content (AvgIpc) is 2.92. The van der Waals surface area contributed by atoms with Crippen LogP contribution in [0.5, 0.6) is 11.5 Å². The van der Waals surface area contributed by atoms with E-state index in [2.05, 4.69) is 16.8 Å². The van der Waals surface area contributed by atoms with E-state index in [4.69, 9.17) is 9.47 Å². The topological polar surface area (TPSA) is 18.5 Å². The molecule has 2 rings (SSSR count). The predicted molar refractivity (Wildman–Crippen MR) is 75.7 cm³/mol. The van der Waals surface area contributed by atoms with E-state index in [9.17, 15) is 0 Å². The van der Waals surface area contributed by atoms with Gasteiger partial charge in [0.25, 0.3) is 0 Å². The van der Waals surface area contributed by atoms with E-state index in [1.165, 1.54) is 12.0 Å². The molecule has 0 bridgehead atoms. The quantitative estimate of drug-likeness (QED) is 0.698. The number of benzene rings is 1. The number of thiophene rings is 1. The van der Waals surface area contributed by atoms with Crippen LogP contribution < -0.4 is 9.47 Å². The number of hydrogen-bond donors (Lipinski definition) is 0. The van der Waals surface area contributed by atoms with Crippen LogP contribution in [-0.4, -0.2) is 13.7 Å². The molecule has 0 N–H and O–H groups in total. The zero-order valence-electron chi connectivity index (χ0n) is 10.6. The lowest BCUT2D eigenvalue weighted by molar-refractivity contribution is 0.306. The van der Waals surface area contributed by atoms with Crippen molar-refractivity contribution in [2.24, 2.45) is 0 Å². The van der Waals surface area contributed by atoms with Gasteiger partial charge in [0.2, 0.25) is 0 Å². The van der Waals surface area contributed by atoms with Gasteiger partial charge in [0, 0.05) is 0 Å². The van der Waals surface area contributed by atoms with E-state index < -0.39 is 0 Å². The van der Waals surface area contributed by atoms with Crippen LogP contribution in [-0.2, 0) is 6.42 Å². The molecule has 0 aliphatic rings. The van der Waals surface area contributed by atoms with E-state index in [1.54, 1.807) is 18.4 Å². The fourth-order valence-electron chi connectivity index (χ4n) is 1.73. The van der Waals surface area contributed by atoms with Crippen molar-refractivity contribution < 1.29 is 9.47 Å². The van der Waals surface area contributed by atoms with Gasteiger partial charge >= 0.3 is 0 Å². The van der Waals surface area contributed by atoms with E-state index in [0.717, 1.165) is 30.9 Å². The highest BCUT2D eigenvalue weighted by Gasteiger charge is 1.96. The lowest BCUT2D eigenvalue weighted by Gasteiger charge is -2.06. The van der Waals surface area contributed by atoms with Crippen molar-refractivity contribution in [1.82, 2.24) is 0 Å². The van der Waals surface area contributed by atoms with Crippen LogP contribution in [0.4, 0.5) is 0 Å². The summed E-state index contributed by atoms with van der Waals surface area (Å²) < 4.78 is 10.8. The Balaban J connectivity index is 1.62. The molecule has 0 saturated carbocycles. The van der Waals surface area contributed by atoms with Gasteiger partial charge in [0.15, 0.2) is 0 Å². The second-order valence-electron chi connectivity index (χ2n) is 4.11. The Bertz CT molecular complexity index is 434. The second kappa shape index (κ2) is 7.07. The van der Waals surface area contributed by atoms with Crippen LogP contribution in [0.2, 0.25) is 0 Å². The van der Waals surface area contributed by atoms with Crippen LogP contribution in [0.1, 0.15) is 18.4 Å². The molecule has 96 valence electrons. The summed E-state index contributed by atoms with van der Waals surface area (Å²) in [5.74, 6) is 1.77. The van der Waals surface area contributed by atoms with Crippen LogP contribution in [0, 0.1) is 0 Å². The van der Waals surface area contributed by atoms with E-state index in [0.29, 0.717) is 0 Å². The summed E-state index contributed by atoms with van der Waals surface area (Å²) in [6.07, 6.45) is 3.41. The van der Waals surface area contributed by atoms with Gasteiger partial charge in [-0.15, -0.1) is 0 Å². The lowest BCUT2D eigenvalue weighted by Crippen LogP contribution is -1.98. The Kier molecular flexibility index (Phi) is 5.09. The molecule has 0 aliphatic heterocycles. The monoisotopic (exact) mass is 262 g/mol. The summed E-state index contributed by atoms with van der Waals surface area (Å²) in [5.41, 5.74) is 1.43. The Morgan fingerprint density at radius 3 is 2.44 bits per heavy atom. The highest BCUT2D eigenvalue weighted by Crippen LogP contribution is 2.17. The third-order valence-corrected chi connectivity index (χ3v) is 3.50. The Labute approximate surface area is 112 Å². The molecule has 1 heterocycles. The van der Waals surface area contributed by atoms with Crippen molar-refractivity contribution >= 4 is 11.3 Å². The van der Waals surface area contributed by atoms with Gasteiger partial charge in [-0.2, -0.15) is 11.3 Å². The molecule has 2 nitrogen and oxygen atoms in total. The molecule has 18 heavy (non-hydrogen) atoms. The molecule has 1 aromatic carbocycles. The van der Waals surface area contributed by atoms with E-state index >= 15 is 0 Å². The molecule has 3 heteroatoms. The summed E-state index contributed by atoms with van der Waals surface area (Å²) >= 11 is 1.76. The molecule has 0 unspecified atom stereocenters. The van der Waals surface area contributed by atoms with Gasteiger partial charge in [-0.1, -0.05) is 0 Å². The maximum atomic E-state index is 5.67. The lowest BCUT2D eigenvalue weighted by atomic mass is 10.1. The molecule has 0 fully saturated rings. The summed E-state index contributed by atoms with van der Waals surface area (Å²) in [6.45, 7) is 0.774. The van der Waals surface area contributed by atoms with Crippen molar-refractivity contribution in [3.63, 3.8) is 0 Å². The van der Waals surface area contributed by atoms with Crippen molar-refractivity contribution in [3.8, 4) is 11.5 Å². The second-order valence-corrected chi connectivity index (χ2v) is 4.89. The molecule has 0 saturated heterocycles. The van der Waals surface area contributed by atoms with E-state index in [-0.39, 0.29) is 0 Å². The molecule has 0 amide bonds. The minimum absolute atomic E-state index is 0.774. The standard InChI is InChI=1S/C15H18O2S/c1-16-14-5-7-15(8-6-14)17-10-3-2-4-13-9-11-18-12-13/h5-9,11-12H,2-4,10H2,1H3. The first kappa shape index (κ1) is 13.0. The average molecular weight is 262 g/mol. The smallest absolute Gasteiger partial charge is 0.119 e. The maximum Gasteiger partial charge on any atom is 0.119 e. The first-order chi connectivity index (χ1) is 8.88. The van der Waals surface area contributed by atoms with Gasteiger partial charge < -0.3 is 9.47 Å². The third kappa shape index (κ3) is 4.08. The number of rotatable bonds is 7. The minimum atomic E-state index is 0.774. The number of methoxy groups -OCH3 is 1. The predicted octanol–water partition coefficient (Wildman–Crippen LogP) is 4.16. The summed E-state index contributed by atoms with van der Waals surface area (Å²) in [4.78, 5) is 0. The van der Waals surface area contributed by atoms with Crippen molar-refractivity contribution in [1.29, 1.82) is 0 Å². The van der Waals surface area contributed by atoms with Gasteiger partial charge in [0.1, 0.15) is 11.5 Å². The Morgan fingerprint density at radius 2 is 1.78 bits per heavy atom. The van der Waals surface area contributed by atoms with Crippen LogP contribution in [0.3, 0.4) is 0 Å². The summed E-state index contributed by atoms with van der Waals surface area (Å²) in [7, 11) is 1.67. The van der Waals surface area contributed by atoms with Gasteiger partial charge in [-0.05, 0) is 65.9 Å². The van der Waals surface area contributed by atoms with Gasteiger partial charge in [-0.25, -0.2) is 0 Å². The Hall–Kier alpha value is -1.48. The normalized spacial score (nSPS) is 10.3.